The zero-order valence-electron chi connectivity index (χ0n) is 5.12. The first-order valence-corrected chi connectivity index (χ1v) is 0. The molecule has 0 aromatic rings. The third-order valence-electron chi connectivity index (χ3n) is 0. The van der Waals surface area contributed by atoms with Crippen LogP contribution >= 0.6 is 0 Å². The van der Waals surface area contributed by atoms with Gasteiger partial charge in [-0.2, -0.15) is 0 Å². The summed E-state index contributed by atoms with van der Waals surface area (Å²) < 4.78 is 0. The van der Waals surface area contributed by atoms with E-state index in [1.807, 2.05) is 0 Å². The Labute approximate surface area is 108 Å². The van der Waals surface area contributed by atoms with Crippen molar-refractivity contribution in [3.8, 4) is 0 Å². The molecule has 0 spiro atoms. The van der Waals surface area contributed by atoms with Gasteiger partial charge in [-0.05, 0) is 0 Å². The maximum Gasteiger partial charge on any atom is 2.00 e. The van der Waals surface area contributed by atoms with E-state index in [-0.39, 0.29) is 110 Å². The van der Waals surface area contributed by atoms with Gasteiger partial charge in [-0.15, -0.1) is 0 Å². The number of rotatable bonds is 0. The maximum atomic E-state index is 0. The van der Waals surface area contributed by atoms with Crippen LogP contribution in [0.4, 0.5) is 4.70 Å². The van der Waals surface area contributed by atoms with Crippen LogP contribution in [0.2, 0.25) is 0 Å². The zero-order chi connectivity index (χ0) is 0. The van der Waals surface area contributed by atoms with Crippen molar-refractivity contribution in [1.82, 2.24) is 0 Å². The van der Waals surface area contributed by atoms with Gasteiger partial charge in [0, 0.05) is 0 Å². The molecule has 0 heterocycles. The molecule has 0 radical (unpaired) electrons. The number of hydrogen-bond acceptors (Lipinski definition) is 0. The van der Waals surface area contributed by atoms with Crippen LogP contribution < -0.4 is 18.9 Å². The van der Waals surface area contributed by atoms with Crippen LogP contribution in [0, 0.1) is 0 Å². The van der Waals surface area contributed by atoms with Crippen molar-refractivity contribution in [3.63, 3.8) is 0 Å². The van der Waals surface area contributed by atoms with Gasteiger partial charge in [-0.1, -0.05) is 0 Å². The molecule has 0 unspecified atom stereocenters. The zero-order valence-corrected chi connectivity index (χ0v) is 5.59. The predicted molar refractivity (Wildman–Crippen MR) is 31.5 cm³/mol. The summed E-state index contributed by atoms with van der Waals surface area (Å²) in [6, 6.07) is 0. The average molecular weight is 220 g/mol. The van der Waals surface area contributed by atoms with Gasteiger partial charge in [-0.3, -0.25) is 4.70 Å². The van der Waals surface area contributed by atoms with Crippen LogP contribution in [-0.4, -0.2) is 82.6 Å². The molecule has 0 aromatic heterocycles. The molecular formula is H10AlFGaLiSr. The fraction of sp³-hybridized carbons (Fsp3) is 0. The van der Waals surface area contributed by atoms with Crippen molar-refractivity contribution in [2.75, 3.05) is 0 Å². The van der Waals surface area contributed by atoms with Crippen LogP contribution in [0.15, 0.2) is 0 Å². The molecule has 0 amide bonds. The molecule has 0 atom stereocenters. The van der Waals surface area contributed by atoms with Gasteiger partial charge >= 0.3 is 84.1 Å². The normalized spacial score (nSPS) is 0. The van der Waals surface area contributed by atoms with E-state index in [1.165, 1.54) is 0 Å². The van der Waals surface area contributed by atoms with E-state index in [2.05, 4.69) is 0 Å². The molecule has 0 nitrogen and oxygen atoms in total. The second-order valence-electron chi connectivity index (χ2n) is 0. The smallest absolute Gasteiger partial charge is 1.00 e. The monoisotopic (exact) mass is 220 g/mol. The molecule has 26 valence electrons. The first-order chi connectivity index (χ1) is 0. The summed E-state index contributed by atoms with van der Waals surface area (Å²) in [5, 5.41) is 0. The van der Waals surface area contributed by atoms with Crippen LogP contribution in [0.1, 0.15) is 4.28 Å². The number of hydrogen-bond donors (Lipinski definition) is 0. The van der Waals surface area contributed by atoms with Crippen molar-refractivity contribution in [2.45, 2.75) is 0 Å². The standard InChI is InChI=1S/Al.FH.Ga.Li.Sr.9H/h;1H;;;;;;;;;;;;/q;;;+1;+2;;;;;;;3*-1. The van der Waals surface area contributed by atoms with Crippen molar-refractivity contribution in [3.05, 3.63) is 0 Å². The first kappa shape index (κ1) is 41.7. The van der Waals surface area contributed by atoms with E-state index in [1.54, 1.807) is 0 Å². The van der Waals surface area contributed by atoms with E-state index in [4.69, 9.17) is 0 Å². The Kier molecular flexibility index (Phi) is 226. The van der Waals surface area contributed by atoms with E-state index in [0.29, 0.717) is 0 Å². The molecule has 0 saturated carbocycles. The Morgan fingerprint density at radius 1 is 1.20 bits per heavy atom. The Morgan fingerprint density at radius 3 is 1.20 bits per heavy atom. The quantitative estimate of drug-likeness (QED) is 0.358. The van der Waals surface area contributed by atoms with Gasteiger partial charge in [0.1, 0.15) is 0 Å². The van der Waals surface area contributed by atoms with Gasteiger partial charge in [0.2, 0.25) is 0 Å². The van der Waals surface area contributed by atoms with Crippen molar-refractivity contribution in [2.24, 2.45) is 0 Å². The Bertz CT molecular complexity index is 19.2. The molecule has 5 heteroatoms. The summed E-state index contributed by atoms with van der Waals surface area (Å²) in [7, 11) is 0. The summed E-state index contributed by atoms with van der Waals surface area (Å²) in [4.78, 5) is 0. The van der Waals surface area contributed by atoms with E-state index in [9.17, 15) is 0 Å². The van der Waals surface area contributed by atoms with Crippen LogP contribution in [-0.2, 0) is 0 Å². The first-order valence-electron chi connectivity index (χ1n) is 0. The molecule has 0 rings (SSSR count). The Morgan fingerprint density at radius 2 is 1.20 bits per heavy atom. The second kappa shape index (κ2) is 27.1. The summed E-state index contributed by atoms with van der Waals surface area (Å²) in [5.41, 5.74) is 0. The SMILES string of the molecule is F.[AlH3].[GaH3].[H-].[H-].[H-].[Li+].[Sr+2]. The topological polar surface area (TPSA) is 0 Å². The molecule has 5 heavy (non-hydrogen) atoms. The Balaban J connectivity index is 0. The second-order valence-corrected chi connectivity index (χ2v) is 0. The van der Waals surface area contributed by atoms with Gasteiger partial charge in [0.15, 0.2) is 17.4 Å². The van der Waals surface area contributed by atoms with E-state index < -0.39 is 0 Å². The fourth-order valence-electron chi connectivity index (χ4n) is 0. The molecule has 0 bridgehead atoms. The molecule has 0 aromatic carbocycles. The summed E-state index contributed by atoms with van der Waals surface area (Å²) in [6.45, 7) is 0. The molecule has 0 N–H and O–H groups in total. The van der Waals surface area contributed by atoms with Crippen LogP contribution in [0.3, 0.4) is 0 Å². The summed E-state index contributed by atoms with van der Waals surface area (Å²) in [5.74, 6) is 0. The van der Waals surface area contributed by atoms with E-state index >= 15 is 0 Å². The average Bonchev–Trinajstić information content (AvgIpc) is 0. The minimum Gasteiger partial charge on any atom is -1.00 e. The maximum absolute atomic E-state index is 0. The Hall–Kier alpha value is 3.18. The minimum atomic E-state index is 0. The molecule has 0 aliphatic rings. The van der Waals surface area contributed by atoms with E-state index in [0.717, 1.165) is 0 Å². The van der Waals surface area contributed by atoms with Gasteiger partial charge in [0.05, 0.1) is 0 Å². The predicted octanol–water partition coefficient (Wildman–Crippen LogP) is -5.25. The number of halogens is 1. The molecule has 0 fully saturated rings. The van der Waals surface area contributed by atoms with Gasteiger partial charge < -0.3 is 4.28 Å². The summed E-state index contributed by atoms with van der Waals surface area (Å²) >= 11 is 0. The molecule has 0 aliphatic heterocycles. The molecular weight excluding hydrogens is 210 g/mol. The molecule has 0 aliphatic carbocycles. The van der Waals surface area contributed by atoms with Gasteiger partial charge in [0.25, 0.3) is 0 Å². The third kappa shape index (κ3) is 19.1. The minimum absolute atomic E-state index is 0. The van der Waals surface area contributed by atoms with Crippen molar-refractivity contribution >= 4 is 82.6 Å². The fourth-order valence-corrected chi connectivity index (χ4v) is 0. The van der Waals surface area contributed by atoms with Crippen molar-refractivity contribution < 1.29 is 27.8 Å². The van der Waals surface area contributed by atoms with Crippen molar-refractivity contribution in [1.29, 1.82) is 0 Å². The van der Waals surface area contributed by atoms with Crippen LogP contribution in [0.25, 0.3) is 0 Å². The largest absolute Gasteiger partial charge is 2.00 e. The summed E-state index contributed by atoms with van der Waals surface area (Å²) in [6.07, 6.45) is 0. The molecule has 0 saturated heterocycles. The third-order valence-corrected chi connectivity index (χ3v) is 0. The van der Waals surface area contributed by atoms with Gasteiger partial charge in [-0.25, -0.2) is 0 Å². The van der Waals surface area contributed by atoms with Crippen LogP contribution in [0.5, 0.6) is 0 Å².